The predicted molar refractivity (Wildman–Crippen MR) is 102 cm³/mol. The van der Waals surface area contributed by atoms with Crippen LogP contribution in [-0.2, 0) is 5.41 Å². The molecule has 0 fully saturated rings. The number of hydrogen-bond donors (Lipinski definition) is 2. The molecule has 0 bridgehead atoms. The number of nitrogens with two attached hydrogens (primary N) is 1. The summed E-state index contributed by atoms with van der Waals surface area (Å²) in [6.07, 6.45) is 0. The zero-order valence-electron chi connectivity index (χ0n) is 13.5. The number of amides is 1. The van der Waals surface area contributed by atoms with Crippen molar-refractivity contribution in [2.45, 2.75) is 26.2 Å². The Hall–Kier alpha value is -1.52. The number of hydrogen-bond acceptors (Lipinski definition) is 2. The second-order valence-corrected chi connectivity index (χ2v) is 7.06. The average Bonchev–Trinajstić information content (AvgIpc) is 2.48. The number of benzene rings is 2. The first-order chi connectivity index (χ1) is 10.3. The maximum Gasteiger partial charge on any atom is 0.251 e. The Morgan fingerprint density at radius 2 is 1.78 bits per heavy atom. The summed E-state index contributed by atoms with van der Waals surface area (Å²) < 4.78 is 1.05. The third kappa shape index (κ3) is 4.98. The van der Waals surface area contributed by atoms with E-state index >= 15 is 0 Å². The minimum atomic E-state index is -0.148. The van der Waals surface area contributed by atoms with Gasteiger partial charge in [0.25, 0.3) is 5.91 Å². The molecule has 0 spiro atoms. The van der Waals surface area contributed by atoms with Crippen molar-refractivity contribution < 1.29 is 4.79 Å². The van der Waals surface area contributed by atoms with Crippen LogP contribution in [-0.4, -0.2) is 12.5 Å². The van der Waals surface area contributed by atoms with Crippen molar-refractivity contribution in [3.05, 3.63) is 63.6 Å². The predicted octanol–water partition coefficient (Wildman–Crippen LogP) is 4.47. The Kier molecular flexibility index (Phi) is 6.66. The van der Waals surface area contributed by atoms with Gasteiger partial charge in [-0.2, -0.15) is 0 Å². The van der Waals surface area contributed by atoms with E-state index < -0.39 is 0 Å². The molecule has 3 nitrogen and oxygen atoms in total. The van der Waals surface area contributed by atoms with Crippen molar-refractivity contribution in [3.63, 3.8) is 0 Å². The Morgan fingerprint density at radius 3 is 2.39 bits per heavy atom. The van der Waals surface area contributed by atoms with E-state index in [1.165, 1.54) is 5.56 Å². The van der Waals surface area contributed by atoms with E-state index in [0.29, 0.717) is 17.8 Å². The van der Waals surface area contributed by atoms with E-state index in [-0.39, 0.29) is 23.7 Å². The van der Waals surface area contributed by atoms with Crippen LogP contribution < -0.4 is 11.1 Å². The molecule has 2 aromatic carbocycles. The van der Waals surface area contributed by atoms with Gasteiger partial charge in [0.1, 0.15) is 0 Å². The second-order valence-electron chi connectivity index (χ2n) is 6.15. The molecule has 1 amide bonds. The fraction of sp³-hybridized carbons (Fsp3) is 0.278. The maximum atomic E-state index is 12.4. The molecule has 0 aliphatic carbocycles. The Bertz CT molecular complexity index is 684. The molecule has 0 aromatic heterocycles. The van der Waals surface area contributed by atoms with Gasteiger partial charge >= 0.3 is 0 Å². The highest BCUT2D eigenvalue weighted by molar-refractivity contribution is 9.10. The summed E-state index contributed by atoms with van der Waals surface area (Å²) in [5.74, 6) is -0.0880. The van der Waals surface area contributed by atoms with Crippen molar-refractivity contribution >= 4 is 39.9 Å². The van der Waals surface area contributed by atoms with Gasteiger partial charge in [0.2, 0.25) is 0 Å². The molecule has 5 heteroatoms. The highest BCUT2D eigenvalue weighted by Crippen LogP contribution is 2.24. The van der Waals surface area contributed by atoms with Crippen LogP contribution in [0.4, 0.5) is 5.69 Å². The minimum absolute atomic E-state index is 0. The van der Waals surface area contributed by atoms with Gasteiger partial charge in [-0.1, -0.05) is 48.0 Å². The summed E-state index contributed by atoms with van der Waals surface area (Å²) in [5, 5.41) is 3.01. The zero-order chi connectivity index (χ0) is 16.3. The van der Waals surface area contributed by atoms with Gasteiger partial charge in [-0.3, -0.25) is 4.79 Å². The first-order valence-corrected chi connectivity index (χ1v) is 7.99. The maximum absolute atomic E-state index is 12.4. The molecular formula is C18H22BrClN2O. The number of halogens is 2. The average molecular weight is 398 g/mol. The van der Waals surface area contributed by atoms with E-state index in [1.54, 1.807) is 12.1 Å². The molecule has 0 saturated heterocycles. The summed E-state index contributed by atoms with van der Waals surface area (Å²) in [6, 6.07) is 13.6. The molecule has 0 radical (unpaired) electrons. The van der Waals surface area contributed by atoms with E-state index in [2.05, 4.69) is 47.2 Å². The molecule has 0 heterocycles. The molecule has 0 unspecified atom stereocenters. The van der Waals surface area contributed by atoms with Gasteiger partial charge in [0.15, 0.2) is 0 Å². The quantitative estimate of drug-likeness (QED) is 0.748. The molecule has 0 atom stereocenters. The number of carbonyl (C=O) groups is 1. The SMILES string of the molecule is Cc1ccc(N)cc1C(=O)NCC(C)(C)c1ccc(Br)cc1.Cl. The monoisotopic (exact) mass is 396 g/mol. The minimum Gasteiger partial charge on any atom is -0.399 e. The van der Waals surface area contributed by atoms with E-state index in [9.17, 15) is 4.79 Å². The van der Waals surface area contributed by atoms with E-state index in [4.69, 9.17) is 5.73 Å². The van der Waals surface area contributed by atoms with Gasteiger partial charge < -0.3 is 11.1 Å². The van der Waals surface area contributed by atoms with Crippen molar-refractivity contribution in [1.29, 1.82) is 0 Å². The van der Waals surface area contributed by atoms with Crippen molar-refractivity contribution in [3.8, 4) is 0 Å². The molecule has 2 aromatic rings. The Balaban J connectivity index is 0.00000264. The summed E-state index contributed by atoms with van der Waals surface area (Å²) in [5.41, 5.74) is 8.96. The molecule has 3 N–H and O–H groups in total. The molecule has 2 rings (SSSR count). The third-order valence-electron chi connectivity index (χ3n) is 3.82. The molecule has 0 saturated carbocycles. The molecule has 124 valence electrons. The van der Waals surface area contributed by atoms with Crippen LogP contribution in [0.15, 0.2) is 46.9 Å². The van der Waals surface area contributed by atoms with Crippen LogP contribution in [0.5, 0.6) is 0 Å². The highest BCUT2D eigenvalue weighted by Gasteiger charge is 2.22. The third-order valence-corrected chi connectivity index (χ3v) is 4.35. The van der Waals surface area contributed by atoms with Crippen molar-refractivity contribution in [2.75, 3.05) is 12.3 Å². The largest absolute Gasteiger partial charge is 0.399 e. The molecule has 0 aliphatic heterocycles. The number of aryl methyl sites for hydroxylation is 1. The number of nitrogens with one attached hydrogen (secondary N) is 1. The number of rotatable bonds is 4. The van der Waals surface area contributed by atoms with Crippen LogP contribution in [0.2, 0.25) is 0 Å². The van der Waals surface area contributed by atoms with Crippen LogP contribution in [0.25, 0.3) is 0 Å². The normalized spacial score (nSPS) is 10.8. The lowest BCUT2D eigenvalue weighted by Crippen LogP contribution is -2.37. The standard InChI is InChI=1S/C18H21BrN2O.ClH/c1-12-4-9-15(20)10-16(12)17(22)21-11-18(2,3)13-5-7-14(19)8-6-13;/h4-10H,11,20H2,1-3H3,(H,21,22);1H. The second kappa shape index (κ2) is 7.84. The zero-order valence-corrected chi connectivity index (χ0v) is 15.9. The van der Waals surface area contributed by atoms with E-state index in [1.807, 2.05) is 25.1 Å². The first kappa shape index (κ1) is 19.5. The smallest absolute Gasteiger partial charge is 0.251 e. The molecule has 0 aliphatic rings. The van der Waals surface area contributed by atoms with Crippen LogP contribution in [0.1, 0.15) is 35.3 Å². The highest BCUT2D eigenvalue weighted by atomic mass is 79.9. The lowest BCUT2D eigenvalue weighted by atomic mass is 9.84. The number of anilines is 1. The fourth-order valence-electron chi connectivity index (χ4n) is 2.28. The van der Waals surface area contributed by atoms with Gasteiger partial charge in [0.05, 0.1) is 0 Å². The fourth-order valence-corrected chi connectivity index (χ4v) is 2.55. The first-order valence-electron chi connectivity index (χ1n) is 7.20. The number of carbonyl (C=O) groups excluding carboxylic acids is 1. The van der Waals surface area contributed by atoms with Gasteiger partial charge in [-0.15, -0.1) is 12.4 Å². The number of nitrogen functional groups attached to an aromatic ring is 1. The van der Waals surface area contributed by atoms with Crippen molar-refractivity contribution in [2.24, 2.45) is 0 Å². The van der Waals surface area contributed by atoms with Crippen LogP contribution in [0.3, 0.4) is 0 Å². The van der Waals surface area contributed by atoms with Crippen LogP contribution in [0, 0.1) is 6.92 Å². The summed E-state index contributed by atoms with van der Waals surface area (Å²) >= 11 is 3.44. The Morgan fingerprint density at radius 1 is 1.17 bits per heavy atom. The lowest BCUT2D eigenvalue weighted by Gasteiger charge is -2.26. The van der Waals surface area contributed by atoms with Gasteiger partial charge in [-0.05, 0) is 42.3 Å². The van der Waals surface area contributed by atoms with Gasteiger partial charge in [0, 0.05) is 27.7 Å². The summed E-state index contributed by atoms with van der Waals surface area (Å²) in [7, 11) is 0. The lowest BCUT2D eigenvalue weighted by molar-refractivity contribution is 0.0945. The molecular weight excluding hydrogens is 376 g/mol. The van der Waals surface area contributed by atoms with E-state index in [0.717, 1.165) is 10.0 Å². The summed E-state index contributed by atoms with van der Waals surface area (Å²) in [6.45, 7) is 6.70. The summed E-state index contributed by atoms with van der Waals surface area (Å²) in [4.78, 5) is 12.4. The molecule has 23 heavy (non-hydrogen) atoms. The van der Waals surface area contributed by atoms with Crippen molar-refractivity contribution in [1.82, 2.24) is 5.32 Å². The Labute approximate surface area is 152 Å². The van der Waals surface area contributed by atoms with Gasteiger partial charge in [-0.25, -0.2) is 0 Å². The van der Waals surface area contributed by atoms with Crippen LogP contribution >= 0.6 is 28.3 Å². The topological polar surface area (TPSA) is 55.1 Å².